The molecule has 0 aromatic heterocycles. The number of hydrogen-bond donors (Lipinski definition) is 1. The van der Waals surface area contributed by atoms with Gasteiger partial charge in [-0.25, -0.2) is 0 Å². The van der Waals surface area contributed by atoms with Crippen molar-refractivity contribution in [3.63, 3.8) is 0 Å². The highest BCUT2D eigenvalue weighted by Gasteiger charge is 2.37. The van der Waals surface area contributed by atoms with Crippen molar-refractivity contribution in [2.45, 2.75) is 12.4 Å². The van der Waals surface area contributed by atoms with Gasteiger partial charge in [-0.1, -0.05) is 30.0 Å². The van der Waals surface area contributed by atoms with Gasteiger partial charge in [0.15, 0.2) is 0 Å². The minimum atomic E-state index is -4.98. The van der Waals surface area contributed by atoms with Crippen molar-refractivity contribution in [2.75, 3.05) is 33.0 Å². The van der Waals surface area contributed by atoms with Gasteiger partial charge in [0, 0.05) is 18.7 Å². The van der Waals surface area contributed by atoms with E-state index in [0.717, 1.165) is 11.8 Å². The van der Waals surface area contributed by atoms with Crippen LogP contribution in [0.4, 0.5) is 26.3 Å². The highest BCUT2D eigenvalue weighted by atomic mass is 32.2. The van der Waals surface area contributed by atoms with Gasteiger partial charge in [-0.3, -0.25) is 9.69 Å². The minimum Gasteiger partial charge on any atom is -0.478 e. The summed E-state index contributed by atoms with van der Waals surface area (Å²) in [6, 6.07) is 5.59. The third-order valence-electron chi connectivity index (χ3n) is 5.37. The van der Waals surface area contributed by atoms with Crippen LogP contribution in [0.15, 0.2) is 41.3 Å². The summed E-state index contributed by atoms with van der Waals surface area (Å²) in [5.74, 6) is -0.167. The van der Waals surface area contributed by atoms with Gasteiger partial charge in [0.25, 0.3) is 5.91 Å². The largest absolute Gasteiger partial charge is 0.478 e. The number of morpholine rings is 1. The second kappa shape index (κ2) is 10.4. The number of carbonyl (C=O) groups is 1. The molecule has 2 aliphatic heterocycles. The maximum absolute atomic E-state index is 13.4. The molecular weight excluding hydrogens is 530 g/mol. The molecule has 0 unspecified atom stereocenters. The molecule has 2 fully saturated rings. The van der Waals surface area contributed by atoms with E-state index in [-0.39, 0.29) is 33.1 Å². The first kappa shape index (κ1) is 26.5. The number of amides is 1. The molecule has 2 heterocycles. The van der Waals surface area contributed by atoms with Gasteiger partial charge in [-0.2, -0.15) is 26.3 Å². The summed E-state index contributed by atoms with van der Waals surface area (Å²) < 4.78 is 91.5. The topological polar surface area (TPSA) is 50.8 Å². The lowest BCUT2D eigenvalue weighted by atomic mass is 9.97. The number of ether oxygens (including phenoxy) is 2. The SMILES string of the molecule is O=C1NC(=S)S/C1=C\c1cc(-c2cc(C(F)(F)F)cc(C(F)(F)F)c2)ccc1OCN1CCOCC1. The molecule has 0 saturated carbocycles. The first-order chi connectivity index (χ1) is 16.9. The van der Waals surface area contributed by atoms with Crippen LogP contribution in [0.3, 0.4) is 0 Å². The van der Waals surface area contributed by atoms with Crippen LogP contribution in [-0.4, -0.2) is 48.2 Å². The Labute approximate surface area is 211 Å². The van der Waals surface area contributed by atoms with Crippen molar-refractivity contribution >= 4 is 40.3 Å². The Balaban J connectivity index is 1.76. The average molecular weight is 549 g/mol. The van der Waals surface area contributed by atoms with Crippen LogP contribution in [0.2, 0.25) is 0 Å². The highest BCUT2D eigenvalue weighted by molar-refractivity contribution is 8.26. The average Bonchev–Trinajstić information content (AvgIpc) is 3.13. The standard InChI is InChI=1S/C23H18F6N2O3S2/c24-22(25,26)16-8-14(9-17(11-16)23(27,28)29)13-1-2-18(34-12-31-3-5-33-6-4-31)15(7-13)10-19-20(32)30-21(35)36-19/h1-2,7-11H,3-6,12H2,(H,30,32,35)/b19-10-. The molecule has 2 aromatic carbocycles. The zero-order valence-corrected chi connectivity index (χ0v) is 20.0. The monoisotopic (exact) mass is 548 g/mol. The molecule has 0 spiro atoms. The fourth-order valence-corrected chi connectivity index (χ4v) is 4.58. The number of thioether (sulfide) groups is 1. The van der Waals surface area contributed by atoms with E-state index in [2.05, 4.69) is 5.32 Å². The molecule has 0 atom stereocenters. The molecule has 13 heteroatoms. The van der Waals surface area contributed by atoms with E-state index in [1.165, 1.54) is 24.3 Å². The van der Waals surface area contributed by atoms with E-state index in [4.69, 9.17) is 21.7 Å². The number of nitrogens with zero attached hydrogens (tertiary/aromatic N) is 1. The normalized spacial score (nSPS) is 18.6. The molecule has 0 aliphatic carbocycles. The maximum Gasteiger partial charge on any atom is 0.416 e. The number of thiocarbonyl (C=S) groups is 1. The molecule has 1 amide bonds. The number of rotatable bonds is 5. The second-order valence-electron chi connectivity index (χ2n) is 7.90. The third kappa shape index (κ3) is 6.38. The van der Waals surface area contributed by atoms with Crippen LogP contribution in [0.1, 0.15) is 16.7 Å². The predicted molar refractivity (Wildman–Crippen MR) is 126 cm³/mol. The molecule has 4 rings (SSSR count). The number of hydrogen-bond acceptors (Lipinski definition) is 6. The Bertz CT molecular complexity index is 1180. The zero-order valence-electron chi connectivity index (χ0n) is 18.3. The molecule has 2 aliphatic rings. The molecule has 192 valence electrons. The van der Waals surface area contributed by atoms with E-state index >= 15 is 0 Å². The molecule has 2 saturated heterocycles. The summed E-state index contributed by atoms with van der Waals surface area (Å²) >= 11 is 5.98. The van der Waals surface area contributed by atoms with E-state index in [1.54, 1.807) is 0 Å². The van der Waals surface area contributed by atoms with Crippen LogP contribution in [-0.2, 0) is 21.9 Å². The summed E-state index contributed by atoms with van der Waals surface area (Å²) in [5.41, 5.74) is -2.74. The van der Waals surface area contributed by atoms with E-state index < -0.39 is 29.4 Å². The van der Waals surface area contributed by atoms with Crippen molar-refractivity contribution in [3.8, 4) is 16.9 Å². The summed E-state index contributed by atoms with van der Waals surface area (Å²) in [7, 11) is 0. The number of alkyl halides is 6. The molecule has 2 aromatic rings. The molecule has 0 radical (unpaired) electrons. The van der Waals surface area contributed by atoms with Crippen molar-refractivity contribution in [1.29, 1.82) is 0 Å². The molecular formula is C23H18F6N2O3S2. The smallest absolute Gasteiger partial charge is 0.416 e. The minimum absolute atomic E-state index is 0.0760. The number of halogens is 6. The Kier molecular flexibility index (Phi) is 7.64. The lowest BCUT2D eigenvalue weighted by Gasteiger charge is -2.26. The first-order valence-corrected chi connectivity index (χ1v) is 11.7. The number of nitrogens with one attached hydrogen (secondary N) is 1. The van der Waals surface area contributed by atoms with Crippen LogP contribution in [0.5, 0.6) is 5.75 Å². The summed E-state index contributed by atoms with van der Waals surface area (Å²) in [6.07, 6.45) is -8.51. The van der Waals surface area contributed by atoms with Crippen LogP contribution < -0.4 is 10.1 Å². The van der Waals surface area contributed by atoms with Gasteiger partial charge < -0.3 is 14.8 Å². The van der Waals surface area contributed by atoms with Crippen molar-refractivity contribution in [1.82, 2.24) is 10.2 Å². The van der Waals surface area contributed by atoms with Crippen molar-refractivity contribution in [3.05, 3.63) is 58.0 Å². The lowest BCUT2D eigenvalue weighted by molar-refractivity contribution is -0.143. The van der Waals surface area contributed by atoms with Gasteiger partial charge in [-0.15, -0.1) is 0 Å². The summed E-state index contributed by atoms with van der Waals surface area (Å²) in [4.78, 5) is 14.4. The number of carbonyl (C=O) groups excluding carboxylic acids is 1. The van der Waals surface area contributed by atoms with Crippen molar-refractivity contribution in [2.24, 2.45) is 0 Å². The highest BCUT2D eigenvalue weighted by Crippen LogP contribution is 2.40. The Morgan fingerprint density at radius 1 is 1.00 bits per heavy atom. The Hall–Kier alpha value is -2.61. The zero-order chi connectivity index (χ0) is 26.1. The van der Waals surface area contributed by atoms with Gasteiger partial charge in [0.1, 0.15) is 16.8 Å². The van der Waals surface area contributed by atoms with Crippen LogP contribution >= 0.6 is 24.0 Å². The van der Waals surface area contributed by atoms with E-state index in [1.807, 2.05) is 4.90 Å². The van der Waals surface area contributed by atoms with Crippen molar-refractivity contribution < 1.29 is 40.6 Å². The Morgan fingerprint density at radius 3 is 2.19 bits per heavy atom. The maximum atomic E-state index is 13.4. The fraction of sp³-hybridized carbons (Fsp3) is 0.304. The Morgan fingerprint density at radius 2 is 1.64 bits per heavy atom. The summed E-state index contributed by atoms with van der Waals surface area (Å²) in [5, 5.41) is 2.46. The van der Waals surface area contributed by atoms with Gasteiger partial charge in [0.05, 0.1) is 29.2 Å². The van der Waals surface area contributed by atoms with Crippen LogP contribution in [0, 0.1) is 0 Å². The summed E-state index contributed by atoms with van der Waals surface area (Å²) in [6.45, 7) is 2.50. The quantitative estimate of drug-likeness (QED) is 0.301. The first-order valence-electron chi connectivity index (χ1n) is 10.5. The molecule has 36 heavy (non-hydrogen) atoms. The van der Waals surface area contributed by atoms with Crippen LogP contribution in [0.25, 0.3) is 17.2 Å². The van der Waals surface area contributed by atoms with Gasteiger partial charge in [-0.05, 0) is 47.5 Å². The second-order valence-corrected chi connectivity index (χ2v) is 9.62. The fourth-order valence-electron chi connectivity index (χ4n) is 3.55. The van der Waals surface area contributed by atoms with Gasteiger partial charge >= 0.3 is 12.4 Å². The number of benzene rings is 2. The third-order valence-corrected chi connectivity index (χ3v) is 6.53. The molecule has 1 N–H and O–H groups in total. The molecule has 0 bridgehead atoms. The predicted octanol–water partition coefficient (Wildman–Crippen LogP) is 5.55. The van der Waals surface area contributed by atoms with E-state index in [9.17, 15) is 31.1 Å². The van der Waals surface area contributed by atoms with Gasteiger partial charge in [0.2, 0.25) is 0 Å². The molecule has 5 nitrogen and oxygen atoms in total. The lowest BCUT2D eigenvalue weighted by Crippen LogP contribution is -2.38. The van der Waals surface area contributed by atoms with E-state index in [0.29, 0.717) is 49.7 Å².